The lowest BCUT2D eigenvalue weighted by Gasteiger charge is -2.19. The molecule has 0 bridgehead atoms. The molecule has 1 aliphatic rings. The number of amides is 1. The SMILES string of the molecule is CC(=O)N1N=C(c2ccccc2)C[C@H]1c1cn(-c2ccccc2)nc1-c1ccco1. The Balaban J connectivity index is 1.60. The standard InChI is InChI=1S/C24H20N4O2/c1-17(29)28-22(15-21(25-28)18-9-4-2-5-10-18)20-16-27(19-11-6-3-7-12-19)26-24(20)23-13-8-14-30-23/h2-14,16,22H,15H2,1H3/t22-/m0/s1. The van der Waals surface area contributed by atoms with Crippen molar-refractivity contribution in [2.24, 2.45) is 5.10 Å². The minimum absolute atomic E-state index is 0.108. The van der Waals surface area contributed by atoms with Crippen LogP contribution in [0.5, 0.6) is 0 Å². The van der Waals surface area contributed by atoms with Crippen molar-refractivity contribution >= 4 is 11.6 Å². The van der Waals surface area contributed by atoms with Crippen molar-refractivity contribution in [2.75, 3.05) is 0 Å². The van der Waals surface area contributed by atoms with Gasteiger partial charge in [-0.15, -0.1) is 0 Å². The van der Waals surface area contributed by atoms with Gasteiger partial charge in [0, 0.05) is 25.1 Å². The molecule has 1 amide bonds. The van der Waals surface area contributed by atoms with Crippen LogP contribution in [0.2, 0.25) is 0 Å². The highest BCUT2D eigenvalue weighted by atomic mass is 16.3. The number of furan rings is 1. The average molecular weight is 396 g/mol. The third-order valence-electron chi connectivity index (χ3n) is 5.22. The molecular formula is C24H20N4O2. The van der Waals surface area contributed by atoms with E-state index in [1.54, 1.807) is 18.2 Å². The number of benzene rings is 2. The van der Waals surface area contributed by atoms with Crippen molar-refractivity contribution in [3.63, 3.8) is 0 Å². The van der Waals surface area contributed by atoms with Gasteiger partial charge in [0.25, 0.3) is 0 Å². The summed E-state index contributed by atoms with van der Waals surface area (Å²) in [5.74, 6) is 0.556. The zero-order valence-corrected chi connectivity index (χ0v) is 16.5. The van der Waals surface area contributed by atoms with E-state index < -0.39 is 0 Å². The van der Waals surface area contributed by atoms with Crippen LogP contribution in [-0.4, -0.2) is 26.4 Å². The largest absolute Gasteiger partial charge is 0.463 e. The average Bonchev–Trinajstić information content (AvgIpc) is 3.53. The Hall–Kier alpha value is -3.93. The zero-order valence-electron chi connectivity index (χ0n) is 16.5. The number of aromatic nitrogens is 2. The molecule has 1 atom stereocenters. The first-order valence-electron chi connectivity index (χ1n) is 9.82. The molecule has 5 rings (SSSR count). The number of carbonyl (C=O) groups is 1. The van der Waals surface area contributed by atoms with Crippen molar-refractivity contribution in [2.45, 2.75) is 19.4 Å². The Kier molecular flexibility index (Phi) is 4.52. The molecule has 0 unspecified atom stereocenters. The summed E-state index contributed by atoms with van der Waals surface area (Å²) in [5.41, 5.74) is 4.45. The molecule has 2 aromatic heterocycles. The van der Waals surface area contributed by atoms with Crippen molar-refractivity contribution in [1.29, 1.82) is 0 Å². The van der Waals surface area contributed by atoms with Gasteiger partial charge in [-0.2, -0.15) is 10.2 Å². The smallest absolute Gasteiger partial charge is 0.240 e. The monoisotopic (exact) mass is 396 g/mol. The molecule has 2 aromatic carbocycles. The highest BCUT2D eigenvalue weighted by Gasteiger charge is 2.35. The van der Waals surface area contributed by atoms with Gasteiger partial charge in [-0.1, -0.05) is 48.5 Å². The third kappa shape index (κ3) is 3.22. The van der Waals surface area contributed by atoms with Crippen molar-refractivity contribution in [3.8, 4) is 17.1 Å². The summed E-state index contributed by atoms with van der Waals surface area (Å²) >= 11 is 0. The molecule has 4 aromatic rings. The van der Waals surface area contributed by atoms with Crippen LogP contribution in [0.4, 0.5) is 0 Å². The molecule has 0 fully saturated rings. The molecule has 0 aliphatic carbocycles. The van der Waals surface area contributed by atoms with E-state index in [1.165, 1.54) is 0 Å². The van der Waals surface area contributed by atoms with Crippen LogP contribution in [0.3, 0.4) is 0 Å². The fourth-order valence-corrected chi connectivity index (χ4v) is 3.80. The fourth-order valence-electron chi connectivity index (χ4n) is 3.80. The second kappa shape index (κ2) is 7.48. The summed E-state index contributed by atoms with van der Waals surface area (Å²) in [7, 11) is 0. The number of hydrogen-bond donors (Lipinski definition) is 0. The maximum atomic E-state index is 12.4. The lowest BCUT2D eigenvalue weighted by molar-refractivity contribution is -0.130. The first-order valence-corrected chi connectivity index (χ1v) is 9.82. The summed E-state index contributed by atoms with van der Waals surface area (Å²) in [6.45, 7) is 1.54. The fraction of sp³-hybridized carbons (Fsp3) is 0.125. The highest BCUT2D eigenvalue weighted by molar-refractivity contribution is 6.03. The zero-order chi connectivity index (χ0) is 20.5. The van der Waals surface area contributed by atoms with E-state index in [-0.39, 0.29) is 11.9 Å². The van der Waals surface area contributed by atoms with Crippen LogP contribution in [0.1, 0.15) is 30.5 Å². The highest BCUT2D eigenvalue weighted by Crippen LogP contribution is 2.38. The second-order valence-electron chi connectivity index (χ2n) is 7.19. The van der Waals surface area contributed by atoms with Gasteiger partial charge in [0.2, 0.25) is 5.91 Å². The van der Waals surface area contributed by atoms with Crippen LogP contribution in [0.15, 0.2) is 94.8 Å². The maximum absolute atomic E-state index is 12.4. The first-order chi connectivity index (χ1) is 14.7. The van der Waals surface area contributed by atoms with Crippen molar-refractivity contribution < 1.29 is 9.21 Å². The lowest BCUT2D eigenvalue weighted by Crippen LogP contribution is -2.24. The van der Waals surface area contributed by atoms with E-state index in [9.17, 15) is 4.79 Å². The van der Waals surface area contributed by atoms with Gasteiger partial charge in [0.05, 0.1) is 23.7 Å². The summed E-state index contributed by atoms with van der Waals surface area (Å²) in [4.78, 5) is 12.4. The third-order valence-corrected chi connectivity index (χ3v) is 5.22. The topological polar surface area (TPSA) is 63.6 Å². The van der Waals surface area contributed by atoms with Gasteiger partial charge in [-0.25, -0.2) is 9.69 Å². The summed E-state index contributed by atoms with van der Waals surface area (Å²) in [6.07, 6.45) is 4.21. The van der Waals surface area contributed by atoms with Crippen LogP contribution in [-0.2, 0) is 4.79 Å². The van der Waals surface area contributed by atoms with Gasteiger partial charge in [-0.3, -0.25) is 4.79 Å². The van der Waals surface area contributed by atoms with Gasteiger partial charge in [0.15, 0.2) is 5.76 Å². The summed E-state index contributed by atoms with van der Waals surface area (Å²) in [6, 6.07) is 23.3. The van der Waals surface area contributed by atoms with E-state index in [1.807, 2.05) is 83.7 Å². The number of hydrazone groups is 1. The molecule has 0 saturated heterocycles. The van der Waals surface area contributed by atoms with Crippen LogP contribution in [0.25, 0.3) is 17.1 Å². The van der Waals surface area contributed by atoms with E-state index >= 15 is 0 Å². The molecule has 3 heterocycles. The maximum Gasteiger partial charge on any atom is 0.240 e. The predicted molar refractivity (Wildman–Crippen MR) is 114 cm³/mol. The van der Waals surface area contributed by atoms with Crippen LogP contribution < -0.4 is 0 Å². The Labute approximate surface area is 174 Å². The summed E-state index contributed by atoms with van der Waals surface area (Å²) < 4.78 is 7.48. The number of carbonyl (C=O) groups excluding carboxylic acids is 1. The Bertz CT molecular complexity index is 1190. The molecule has 0 radical (unpaired) electrons. The van der Waals surface area contributed by atoms with E-state index in [2.05, 4.69) is 5.10 Å². The van der Waals surface area contributed by atoms with Crippen LogP contribution >= 0.6 is 0 Å². The number of hydrogen-bond acceptors (Lipinski definition) is 4. The molecule has 30 heavy (non-hydrogen) atoms. The van der Waals surface area contributed by atoms with E-state index in [4.69, 9.17) is 9.52 Å². The molecular weight excluding hydrogens is 376 g/mol. The van der Waals surface area contributed by atoms with Crippen LogP contribution in [0, 0.1) is 0 Å². The lowest BCUT2D eigenvalue weighted by atomic mass is 9.98. The van der Waals surface area contributed by atoms with Gasteiger partial charge >= 0.3 is 0 Å². The quantitative estimate of drug-likeness (QED) is 0.496. The number of nitrogens with zero attached hydrogens (tertiary/aromatic N) is 4. The molecule has 1 aliphatic heterocycles. The minimum atomic E-state index is -0.254. The van der Waals surface area contributed by atoms with Crippen molar-refractivity contribution in [3.05, 3.63) is 96.4 Å². The molecule has 6 nitrogen and oxygen atoms in total. The number of para-hydroxylation sites is 1. The van der Waals surface area contributed by atoms with Gasteiger partial charge in [-0.05, 0) is 29.8 Å². The molecule has 0 spiro atoms. The Morgan fingerprint density at radius 2 is 1.73 bits per heavy atom. The minimum Gasteiger partial charge on any atom is -0.463 e. The second-order valence-corrected chi connectivity index (χ2v) is 7.19. The predicted octanol–water partition coefficient (Wildman–Crippen LogP) is 4.83. The molecule has 148 valence electrons. The molecule has 6 heteroatoms. The van der Waals surface area contributed by atoms with E-state index in [0.717, 1.165) is 22.5 Å². The van der Waals surface area contributed by atoms with E-state index in [0.29, 0.717) is 17.9 Å². The molecule has 0 N–H and O–H groups in total. The van der Waals surface area contributed by atoms with Crippen molar-refractivity contribution in [1.82, 2.24) is 14.8 Å². The Morgan fingerprint density at radius 3 is 2.40 bits per heavy atom. The van der Waals surface area contributed by atoms with Gasteiger partial charge in [0.1, 0.15) is 5.69 Å². The Morgan fingerprint density at radius 1 is 1.00 bits per heavy atom. The number of rotatable bonds is 4. The summed E-state index contributed by atoms with van der Waals surface area (Å²) in [5, 5.41) is 11.0. The first kappa shape index (κ1) is 18.1. The molecule has 0 saturated carbocycles. The van der Waals surface area contributed by atoms with Gasteiger partial charge < -0.3 is 4.42 Å². The normalized spacial score (nSPS) is 16.0.